The van der Waals surface area contributed by atoms with Crippen LogP contribution in [-0.2, 0) is 9.53 Å². The zero-order valence-corrected chi connectivity index (χ0v) is 15.7. The average molecular weight is 355 g/mol. The van der Waals surface area contributed by atoms with Gasteiger partial charge in [0.2, 0.25) is 5.91 Å². The molecule has 2 aliphatic heterocycles. The molecule has 2 aliphatic rings. The van der Waals surface area contributed by atoms with Crippen LogP contribution >= 0.6 is 0 Å². The van der Waals surface area contributed by atoms with Gasteiger partial charge in [0.15, 0.2) is 0 Å². The molecule has 0 aromatic carbocycles. The van der Waals surface area contributed by atoms with Crippen molar-refractivity contribution in [2.45, 2.75) is 83.7 Å². The molecular weight excluding hydrogens is 322 g/mol. The second-order valence-corrected chi connectivity index (χ2v) is 7.21. The van der Waals surface area contributed by atoms with Crippen LogP contribution < -0.4 is 10.6 Å². The number of rotatable bonds is 9. The Morgan fingerprint density at radius 2 is 1.92 bits per heavy atom. The van der Waals surface area contributed by atoms with Crippen LogP contribution in [-0.4, -0.2) is 59.5 Å². The molecule has 3 N–H and O–H groups in total. The molecule has 2 saturated heterocycles. The highest BCUT2D eigenvalue weighted by Crippen LogP contribution is 2.25. The van der Waals surface area contributed by atoms with E-state index in [4.69, 9.17) is 4.74 Å². The molecule has 0 bridgehead atoms. The van der Waals surface area contributed by atoms with Crippen LogP contribution in [0.15, 0.2) is 0 Å². The quantitative estimate of drug-likeness (QED) is 0.547. The van der Waals surface area contributed by atoms with Gasteiger partial charge in [0, 0.05) is 19.2 Å². The molecule has 0 aromatic heterocycles. The van der Waals surface area contributed by atoms with Gasteiger partial charge in [-0.2, -0.15) is 0 Å². The number of unbranched alkanes of at least 4 members (excludes halogenated alkanes) is 4. The monoisotopic (exact) mass is 355 g/mol. The van der Waals surface area contributed by atoms with E-state index in [0.717, 1.165) is 19.3 Å². The van der Waals surface area contributed by atoms with E-state index in [9.17, 15) is 14.7 Å². The zero-order valence-electron chi connectivity index (χ0n) is 15.7. The van der Waals surface area contributed by atoms with Gasteiger partial charge in [-0.15, -0.1) is 0 Å². The lowest BCUT2D eigenvalue weighted by Crippen LogP contribution is -2.62. The van der Waals surface area contributed by atoms with Gasteiger partial charge in [-0.25, -0.2) is 4.79 Å². The summed E-state index contributed by atoms with van der Waals surface area (Å²) in [6, 6.07) is -0.453. The van der Waals surface area contributed by atoms with E-state index in [1.54, 1.807) is 6.92 Å². The fourth-order valence-corrected chi connectivity index (χ4v) is 3.60. The molecule has 7 heteroatoms. The van der Waals surface area contributed by atoms with Crippen molar-refractivity contribution >= 4 is 11.9 Å². The molecule has 7 nitrogen and oxygen atoms in total. The molecule has 2 heterocycles. The number of amides is 3. The standard InChI is InChI=1S/C18H33N3O4/c1-4-6-7-8-9-10-25-15-13(5-2)19-16(14(15)22)21-11-12(3)17(23)20-18(21)24/h12-16,19,22H,4-11H2,1-3H3,(H,20,23,24)/t12?,13-,14+,15?,16+/m1/s1. The molecular formula is C18H33N3O4. The smallest absolute Gasteiger partial charge is 0.325 e. The van der Waals surface area contributed by atoms with E-state index in [2.05, 4.69) is 17.6 Å². The summed E-state index contributed by atoms with van der Waals surface area (Å²) in [7, 11) is 0. The zero-order chi connectivity index (χ0) is 18.4. The molecule has 0 aliphatic carbocycles. The van der Waals surface area contributed by atoms with Crippen molar-refractivity contribution < 1.29 is 19.4 Å². The molecule has 144 valence electrons. The maximum Gasteiger partial charge on any atom is 0.325 e. The van der Waals surface area contributed by atoms with Crippen LogP contribution in [0.5, 0.6) is 0 Å². The lowest BCUT2D eigenvalue weighted by atomic mass is 10.1. The van der Waals surface area contributed by atoms with Crippen molar-refractivity contribution in [2.75, 3.05) is 13.2 Å². The summed E-state index contributed by atoms with van der Waals surface area (Å²) in [5, 5.41) is 16.4. The fraction of sp³-hybridized carbons (Fsp3) is 0.889. The van der Waals surface area contributed by atoms with Gasteiger partial charge in [-0.1, -0.05) is 46.5 Å². The summed E-state index contributed by atoms with van der Waals surface area (Å²) in [6.45, 7) is 6.93. The summed E-state index contributed by atoms with van der Waals surface area (Å²) < 4.78 is 5.97. The predicted octanol–water partition coefficient (Wildman–Crippen LogP) is 1.60. The van der Waals surface area contributed by atoms with Crippen molar-refractivity contribution in [3.05, 3.63) is 0 Å². The summed E-state index contributed by atoms with van der Waals surface area (Å²) >= 11 is 0. The summed E-state index contributed by atoms with van der Waals surface area (Å²) in [5.74, 6) is -0.550. The number of aliphatic hydroxyl groups is 1. The average Bonchev–Trinajstić information content (AvgIpc) is 2.90. The second-order valence-electron chi connectivity index (χ2n) is 7.21. The van der Waals surface area contributed by atoms with Crippen LogP contribution in [0.2, 0.25) is 0 Å². The lowest BCUT2D eigenvalue weighted by molar-refractivity contribution is -0.126. The van der Waals surface area contributed by atoms with Gasteiger partial charge in [-0.3, -0.25) is 15.4 Å². The number of nitrogens with zero attached hydrogens (tertiary/aromatic N) is 1. The van der Waals surface area contributed by atoms with Gasteiger partial charge >= 0.3 is 6.03 Å². The van der Waals surface area contributed by atoms with E-state index in [0.29, 0.717) is 13.2 Å². The Bertz CT molecular complexity index is 460. The molecule has 5 atom stereocenters. The number of urea groups is 1. The van der Waals surface area contributed by atoms with Crippen molar-refractivity contribution in [2.24, 2.45) is 5.92 Å². The van der Waals surface area contributed by atoms with Crippen LogP contribution in [0, 0.1) is 5.92 Å². The summed E-state index contributed by atoms with van der Waals surface area (Å²) in [5.41, 5.74) is 0. The fourth-order valence-electron chi connectivity index (χ4n) is 3.60. The number of aliphatic hydroxyl groups excluding tert-OH is 1. The Balaban J connectivity index is 1.90. The number of hydrogen-bond donors (Lipinski definition) is 3. The number of carbonyl (C=O) groups is 2. The third kappa shape index (κ3) is 4.92. The minimum absolute atomic E-state index is 0.00336. The number of imide groups is 1. The van der Waals surface area contributed by atoms with Gasteiger partial charge in [0.05, 0.1) is 5.92 Å². The first-order chi connectivity index (χ1) is 12.0. The first-order valence-electron chi connectivity index (χ1n) is 9.66. The molecule has 2 unspecified atom stereocenters. The molecule has 3 amide bonds. The molecule has 2 fully saturated rings. The Hall–Kier alpha value is -1.18. The molecule has 0 saturated carbocycles. The van der Waals surface area contributed by atoms with Crippen LogP contribution in [0.4, 0.5) is 4.79 Å². The molecule has 0 radical (unpaired) electrons. The third-order valence-electron chi connectivity index (χ3n) is 5.18. The maximum atomic E-state index is 12.1. The first-order valence-corrected chi connectivity index (χ1v) is 9.66. The Morgan fingerprint density at radius 3 is 2.60 bits per heavy atom. The third-order valence-corrected chi connectivity index (χ3v) is 5.18. The first kappa shape index (κ1) is 20.1. The van der Waals surface area contributed by atoms with Gasteiger partial charge < -0.3 is 14.7 Å². The van der Waals surface area contributed by atoms with Crippen molar-refractivity contribution in [3.8, 4) is 0 Å². The highest BCUT2D eigenvalue weighted by Gasteiger charge is 2.47. The van der Waals surface area contributed by atoms with Crippen molar-refractivity contribution in [1.82, 2.24) is 15.5 Å². The largest absolute Gasteiger partial charge is 0.387 e. The summed E-state index contributed by atoms with van der Waals surface area (Å²) in [6.07, 6.45) is 4.94. The second kappa shape index (κ2) is 9.50. The normalized spacial score (nSPS) is 33.0. The molecule has 25 heavy (non-hydrogen) atoms. The maximum absolute atomic E-state index is 12.1. The predicted molar refractivity (Wildman–Crippen MR) is 94.9 cm³/mol. The van der Waals surface area contributed by atoms with Crippen LogP contribution in [0.25, 0.3) is 0 Å². The van der Waals surface area contributed by atoms with E-state index in [1.165, 1.54) is 24.2 Å². The van der Waals surface area contributed by atoms with Crippen molar-refractivity contribution in [1.29, 1.82) is 0 Å². The highest BCUT2D eigenvalue weighted by atomic mass is 16.5. The Kier molecular flexibility index (Phi) is 7.65. The molecule has 0 spiro atoms. The Morgan fingerprint density at radius 1 is 1.20 bits per heavy atom. The summed E-state index contributed by atoms with van der Waals surface area (Å²) in [4.78, 5) is 25.3. The van der Waals surface area contributed by atoms with Crippen LogP contribution in [0.1, 0.15) is 59.3 Å². The topological polar surface area (TPSA) is 90.9 Å². The number of nitrogens with one attached hydrogen (secondary N) is 2. The lowest BCUT2D eigenvalue weighted by Gasteiger charge is -2.36. The molecule has 2 rings (SSSR count). The van der Waals surface area contributed by atoms with Crippen LogP contribution in [0.3, 0.4) is 0 Å². The SMILES string of the molecule is CCCCCCCOC1[C@@H](CC)N[C@@H](N2CC(C)C(=O)NC2=O)[C@H]1O. The van der Waals surface area contributed by atoms with E-state index < -0.39 is 18.3 Å². The van der Waals surface area contributed by atoms with Gasteiger partial charge in [-0.05, 0) is 12.8 Å². The van der Waals surface area contributed by atoms with Gasteiger partial charge in [0.25, 0.3) is 0 Å². The van der Waals surface area contributed by atoms with E-state index in [1.807, 2.05) is 6.92 Å². The molecule has 0 aromatic rings. The number of carbonyl (C=O) groups excluding carboxylic acids is 2. The number of hydrogen-bond acceptors (Lipinski definition) is 5. The van der Waals surface area contributed by atoms with Gasteiger partial charge in [0.1, 0.15) is 18.4 Å². The minimum atomic E-state index is -0.799. The Labute approximate surface area is 150 Å². The van der Waals surface area contributed by atoms with E-state index >= 15 is 0 Å². The minimum Gasteiger partial charge on any atom is -0.387 e. The van der Waals surface area contributed by atoms with E-state index in [-0.39, 0.29) is 24.0 Å². The number of ether oxygens (including phenoxy) is 1. The highest BCUT2D eigenvalue weighted by molar-refractivity contribution is 5.97. The van der Waals surface area contributed by atoms with Crippen molar-refractivity contribution in [3.63, 3.8) is 0 Å².